The van der Waals surface area contributed by atoms with Gasteiger partial charge in [-0.05, 0) is 51.0 Å². The fourth-order valence-electron chi connectivity index (χ4n) is 2.39. The van der Waals surface area contributed by atoms with Gasteiger partial charge in [0, 0.05) is 23.5 Å². The second-order valence-corrected chi connectivity index (χ2v) is 5.46. The van der Waals surface area contributed by atoms with Crippen LogP contribution in [0.2, 0.25) is 0 Å². The molecule has 0 aromatic heterocycles. The monoisotopic (exact) mass is 261 g/mol. The fraction of sp³-hybridized carbons (Fsp3) is 0.533. The number of nitrogens with one attached hydrogen (secondary N) is 3. The number of rotatable bonds is 4. The second-order valence-electron chi connectivity index (χ2n) is 5.46. The van der Waals surface area contributed by atoms with Crippen molar-refractivity contribution >= 4 is 17.4 Å². The zero-order valence-electron chi connectivity index (χ0n) is 11.7. The fourth-order valence-corrected chi connectivity index (χ4v) is 2.39. The quantitative estimate of drug-likeness (QED) is 0.776. The van der Waals surface area contributed by atoms with Crippen molar-refractivity contribution in [2.75, 3.05) is 10.6 Å². The van der Waals surface area contributed by atoms with Crippen molar-refractivity contribution in [2.45, 2.75) is 51.6 Å². The summed E-state index contributed by atoms with van der Waals surface area (Å²) in [4.78, 5) is 11.5. The topological polar surface area (TPSA) is 53.2 Å². The maximum absolute atomic E-state index is 11.5. The molecule has 0 bridgehead atoms. The number of amides is 2. The van der Waals surface area contributed by atoms with E-state index in [0.717, 1.165) is 11.4 Å². The number of hydrogen-bond acceptors (Lipinski definition) is 2. The van der Waals surface area contributed by atoms with Gasteiger partial charge in [-0.1, -0.05) is 12.8 Å². The van der Waals surface area contributed by atoms with E-state index >= 15 is 0 Å². The Bertz CT molecular complexity index is 408. The molecule has 0 radical (unpaired) electrons. The maximum Gasteiger partial charge on any atom is 0.319 e. The minimum Gasteiger partial charge on any atom is -0.382 e. The Morgan fingerprint density at radius 1 is 1.11 bits per heavy atom. The lowest BCUT2D eigenvalue weighted by Crippen LogP contribution is -2.34. The van der Waals surface area contributed by atoms with Crippen molar-refractivity contribution in [2.24, 2.45) is 0 Å². The number of hydrogen-bond donors (Lipinski definition) is 3. The predicted octanol–water partition coefficient (Wildman–Crippen LogP) is 3.57. The highest BCUT2D eigenvalue weighted by Gasteiger charge is 2.14. The first-order valence-electron chi connectivity index (χ1n) is 7.07. The largest absolute Gasteiger partial charge is 0.382 e. The molecule has 0 saturated heterocycles. The molecule has 1 aromatic rings. The third-order valence-electron chi connectivity index (χ3n) is 3.29. The first-order chi connectivity index (χ1) is 9.13. The number of anilines is 2. The summed E-state index contributed by atoms with van der Waals surface area (Å²) in [5.74, 6) is 0. The Morgan fingerprint density at radius 2 is 1.68 bits per heavy atom. The average molecular weight is 261 g/mol. The van der Waals surface area contributed by atoms with Crippen molar-refractivity contribution < 1.29 is 4.79 Å². The Hall–Kier alpha value is -1.71. The zero-order chi connectivity index (χ0) is 13.7. The lowest BCUT2D eigenvalue weighted by Gasteiger charge is -2.14. The Kier molecular flexibility index (Phi) is 4.66. The molecular weight excluding hydrogens is 238 g/mol. The lowest BCUT2D eigenvalue weighted by molar-refractivity contribution is 0.250. The molecule has 0 atom stereocenters. The molecule has 104 valence electrons. The van der Waals surface area contributed by atoms with Gasteiger partial charge in [0.1, 0.15) is 0 Å². The molecule has 0 unspecified atom stereocenters. The molecule has 0 aliphatic heterocycles. The van der Waals surface area contributed by atoms with E-state index in [1.807, 2.05) is 38.1 Å². The molecule has 1 saturated carbocycles. The third-order valence-corrected chi connectivity index (χ3v) is 3.29. The van der Waals surface area contributed by atoms with Gasteiger partial charge >= 0.3 is 6.03 Å². The first-order valence-corrected chi connectivity index (χ1v) is 7.07. The van der Waals surface area contributed by atoms with Gasteiger partial charge in [0.05, 0.1) is 0 Å². The normalized spacial score (nSPS) is 15.5. The van der Waals surface area contributed by atoms with Crippen LogP contribution in [0.15, 0.2) is 24.3 Å². The van der Waals surface area contributed by atoms with Crippen LogP contribution in [0.5, 0.6) is 0 Å². The molecule has 1 fully saturated rings. The summed E-state index contributed by atoms with van der Waals surface area (Å²) in [7, 11) is 0. The molecule has 4 nitrogen and oxygen atoms in total. The molecule has 19 heavy (non-hydrogen) atoms. The summed E-state index contributed by atoms with van der Waals surface area (Å²) in [6.45, 7) is 3.88. The van der Waals surface area contributed by atoms with E-state index in [1.165, 1.54) is 25.7 Å². The van der Waals surface area contributed by atoms with Crippen LogP contribution in [-0.4, -0.2) is 18.1 Å². The van der Waals surface area contributed by atoms with Crippen molar-refractivity contribution in [3.63, 3.8) is 0 Å². The van der Waals surface area contributed by atoms with Crippen LogP contribution in [0.3, 0.4) is 0 Å². The van der Waals surface area contributed by atoms with Gasteiger partial charge in [-0.25, -0.2) is 4.79 Å². The van der Waals surface area contributed by atoms with E-state index in [4.69, 9.17) is 0 Å². The van der Waals surface area contributed by atoms with Crippen molar-refractivity contribution in [3.8, 4) is 0 Å². The van der Waals surface area contributed by atoms with E-state index in [-0.39, 0.29) is 12.1 Å². The number of urea groups is 1. The zero-order valence-corrected chi connectivity index (χ0v) is 11.7. The summed E-state index contributed by atoms with van der Waals surface area (Å²) in [6, 6.07) is 8.49. The molecule has 0 heterocycles. The Labute approximate surface area is 115 Å². The minimum absolute atomic E-state index is 0.142. The third kappa shape index (κ3) is 4.47. The summed E-state index contributed by atoms with van der Waals surface area (Å²) in [6.07, 6.45) is 5.17. The van der Waals surface area contributed by atoms with Gasteiger partial charge in [-0.3, -0.25) is 0 Å². The van der Waals surface area contributed by atoms with Gasteiger partial charge < -0.3 is 16.0 Å². The predicted molar refractivity (Wildman–Crippen MR) is 79.6 cm³/mol. The number of carbonyl (C=O) groups excluding carboxylic acids is 1. The maximum atomic E-state index is 11.5. The first kappa shape index (κ1) is 13.7. The van der Waals surface area contributed by atoms with Crippen LogP contribution in [0.1, 0.15) is 39.5 Å². The highest BCUT2D eigenvalue weighted by atomic mass is 16.2. The van der Waals surface area contributed by atoms with Gasteiger partial charge in [-0.15, -0.1) is 0 Å². The van der Waals surface area contributed by atoms with Crippen LogP contribution in [0.4, 0.5) is 16.2 Å². The van der Waals surface area contributed by atoms with E-state index in [2.05, 4.69) is 16.0 Å². The molecule has 1 aliphatic rings. The summed E-state index contributed by atoms with van der Waals surface area (Å²) < 4.78 is 0. The van der Waals surface area contributed by atoms with Gasteiger partial charge in [0.2, 0.25) is 0 Å². The van der Waals surface area contributed by atoms with Gasteiger partial charge in [0.15, 0.2) is 0 Å². The van der Waals surface area contributed by atoms with Crippen LogP contribution in [0, 0.1) is 0 Å². The van der Waals surface area contributed by atoms with Crippen molar-refractivity contribution in [1.82, 2.24) is 5.32 Å². The molecule has 2 amide bonds. The van der Waals surface area contributed by atoms with Gasteiger partial charge in [0.25, 0.3) is 0 Å². The molecule has 0 spiro atoms. The Morgan fingerprint density at radius 3 is 2.26 bits per heavy atom. The van der Waals surface area contributed by atoms with E-state index < -0.39 is 0 Å². The summed E-state index contributed by atoms with van der Waals surface area (Å²) in [5, 5.41) is 9.14. The molecular formula is C15H23N3O. The lowest BCUT2D eigenvalue weighted by atomic mass is 10.2. The molecule has 3 N–H and O–H groups in total. The van der Waals surface area contributed by atoms with Crippen LogP contribution >= 0.6 is 0 Å². The second kappa shape index (κ2) is 6.45. The van der Waals surface area contributed by atoms with Crippen LogP contribution in [-0.2, 0) is 0 Å². The summed E-state index contributed by atoms with van der Waals surface area (Å²) in [5.41, 5.74) is 1.94. The highest BCUT2D eigenvalue weighted by molar-refractivity contribution is 5.89. The van der Waals surface area contributed by atoms with Crippen molar-refractivity contribution in [3.05, 3.63) is 24.3 Å². The van der Waals surface area contributed by atoms with Gasteiger partial charge in [-0.2, -0.15) is 0 Å². The van der Waals surface area contributed by atoms with E-state index in [9.17, 15) is 4.79 Å². The number of benzene rings is 1. The minimum atomic E-state index is -0.161. The van der Waals surface area contributed by atoms with E-state index in [0.29, 0.717) is 6.04 Å². The Balaban J connectivity index is 1.85. The average Bonchev–Trinajstić information content (AvgIpc) is 2.83. The molecule has 4 heteroatoms. The van der Waals surface area contributed by atoms with E-state index in [1.54, 1.807) is 0 Å². The summed E-state index contributed by atoms with van der Waals surface area (Å²) >= 11 is 0. The molecule has 2 rings (SSSR count). The SMILES string of the molecule is CC(C)NC(=O)Nc1ccc(NC2CCCC2)cc1. The smallest absolute Gasteiger partial charge is 0.319 e. The van der Waals surface area contributed by atoms with Crippen LogP contribution < -0.4 is 16.0 Å². The van der Waals surface area contributed by atoms with Crippen molar-refractivity contribution in [1.29, 1.82) is 0 Å². The standard InChI is InChI=1S/C15H23N3O/c1-11(2)16-15(19)18-14-9-7-13(8-10-14)17-12-5-3-4-6-12/h7-12,17H,3-6H2,1-2H3,(H2,16,18,19). The highest BCUT2D eigenvalue weighted by Crippen LogP contribution is 2.23. The molecule has 1 aromatic carbocycles. The molecule has 1 aliphatic carbocycles. The van der Waals surface area contributed by atoms with Crippen LogP contribution in [0.25, 0.3) is 0 Å². The number of carbonyl (C=O) groups is 1.